The number of aryl methyl sites for hydroxylation is 2. The fraction of sp³-hybridized carbons (Fsp3) is 0.562. The number of benzene rings is 1. The van der Waals surface area contributed by atoms with E-state index >= 15 is 0 Å². The van der Waals surface area contributed by atoms with Gasteiger partial charge in [-0.3, -0.25) is 0 Å². The van der Waals surface area contributed by atoms with Crippen molar-refractivity contribution >= 4 is 11.5 Å². The highest BCUT2D eigenvalue weighted by atomic mass is 14.9. The van der Waals surface area contributed by atoms with Crippen LogP contribution in [0.25, 0.3) is 0 Å². The van der Waals surface area contributed by atoms with Crippen LogP contribution in [0.2, 0.25) is 0 Å². The third-order valence-corrected chi connectivity index (χ3v) is 3.59. The van der Waals surface area contributed by atoms with Gasteiger partial charge in [-0.25, -0.2) is 4.99 Å². The molecule has 2 N–H and O–H groups in total. The van der Waals surface area contributed by atoms with E-state index in [1.807, 2.05) is 0 Å². The van der Waals surface area contributed by atoms with Gasteiger partial charge in [-0.1, -0.05) is 33.8 Å². The molecule has 2 heteroatoms. The van der Waals surface area contributed by atoms with Crippen molar-refractivity contribution in [1.82, 2.24) is 0 Å². The Bertz CT molecular complexity index is 457. The Kier molecular flexibility index (Phi) is 4.94. The number of nitrogens with two attached hydrogens (primary N) is 1. The molecule has 18 heavy (non-hydrogen) atoms. The highest BCUT2D eigenvalue weighted by Gasteiger charge is 2.12. The molecule has 0 fully saturated rings. The Morgan fingerprint density at radius 2 is 1.83 bits per heavy atom. The summed E-state index contributed by atoms with van der Waals surface area (Å²) in [7, 11) is 0. The summed E-state index contributed by atoms with van der Waals surface area (Å²) in [5.41, 5.74) is 12.5. The van der Waals surface area contributed by atoms with E-state index in [0.29, 0.717) is 5.92 Å². The zero-order valence-corrected chi connectivity index (χ0v) is 12.6. The normalized spacial score (nSPS) is 12.3. The maximum Gasteiger partial charge on any atom is 0.102 e. The second-order valence-corrected chi connectivity index (χ2v) is 5.20. The fourth-order valence-corrected chi connectivity index (χ4v) is 2.15. The summed E-state index contributed by atoms with van der Waals surface area (Å²) in [4.78, 5) is 4.70. The summed E-state index contributed by atoms with van der Waals surface area (Å²) >= 11 is 0. The van der Waals surface area contributed by atoms with E-state index in [4.69, 9.17) is 10.7 Å². The van der Waals surface area contributed by atoms with Crippen LogP contribution < -0.4 is 5.73 Å². The fourth-order valence-electron chi connectivity index (χ4n) is 2.15. The monoisotopic (exact) mass is 246 g/mol. The summed E-state index contributed by atoms with van der Waals surface area (Å²) in [5.74, 6) is 1.02. The van der Waals surface area contributed by atoms with Crippen molar-refractivity contribution in [3.05, 3.63) is 28.3 Å². The lowest BCUT2D eigenvalue weighted by Crippen LogP contribution is -2.18. The van der Waals surface area contributed by atoms with Crippen LogP contribution in [-0.2, 0) is 12.8 Å². The van der Waals surface area contributed by atoms with Gasteiger partial charge in [0.05, 0.1) is 5.69 Å². The maximum absolute atomic E-state index is 6.03. The van der Waals surface area contributed by atoms with Gasteiger partial charge in [0.1, 0.15) is 5.84 Å². The average Bonchev–Trinajstić information content (AvgIpc) is 2.33. The molecule has 0 atom stereocenters. The highest BCUT2D eigenvalue weighted by Crippen LogP contribution is 2.31. The first-order chi connectivity index (χ1) is 8.42. The van der Waals surface area contributed by atoms with Crippen molar-refractivity contribution in [2.45, 2.75) is 54.4 Å². The second-order valence-electron chi connectivity index (χ2n) is 5.20. The van der Waals surface area contributed by atoms with Gasteiger partial charge < -0.3 is 5.73 Å². The highest BCUT2D eigenvalue weighted by molar-refractivity contribution is 5.86. The smallest absolute Gasteiger partial charge is 0.102 e. The van der Waals surface area contributed by atoms with Crippen molar-refractivity contribution in [2.24, 2.45) is 16.6 Å². The zero-order chi connectivity index (χ0) is 13.9. The van der Waals surface area contributed by atoms with Gasteiger partial charge in [-0.15, -0.1) is 0 Å². The summed E-state index contributed by atoms with van der Waals surface area (Å²) in [6, 6.07) is 2.25. The molecule has 0 saturated carbocycles. The van der Waals surface area contributed by atoms with E-state index < -0.39 is 0 Å². The van der Waals surface area contributed by atoms with Gasteiger partial charge >= 0.3 is 0 Å². The molecule has 100 valence electrons. The Labute approximate surface area is 111 Å². The van der Waals surface area contributed by atoms with Crippen molar-refractivity contribution < 1.29 is 0 Å². The second kappa shape index (κ2) is 6.03. The van der Waals surface area contributed by atoms with E-state index in [2.05, 4.69) is 47.6 Å². The number of rotatable bonds is 4. The van der Waals surface area contributed by atoms with Crippen LogP contribution in [0.3, 0.4) is 0 Å². The minimum absolute atomic E-state index is 0.293. The van der Waals surface area contributed by atoms with Gasteiger partial charge in [-0.2, -0.15) is 0 Å². The molecule has 0 amide bonds. The quantitative estimate of drug-likeness (QED) is 0.631. The minimum atomic E-state index is 0.293. The SMILES string of the molecule is CCc1cc(C)c(C)c(CC)c1/N=C(\N)C(C)C. The topological polar surface area (TPSA) is 38.4 Å². The molecule has 1 aromatic rings. The summed E-state index contributed by atoms with van der Waals surface area (Å²) < 4.78 is 0. The molecule has 0 bridgehead atoms. The number of hydrogen-bond acceptors (Lipinski definition) is 1. The molecular weight excluding hydrogens is 220 g/mol. The van der Waals surface area contributed by atoms with E-state index in [9.17, 15) is 0 Å². The molecule has 0 spiro atoms. The number of nitrogens with zero attached hydrogens (tertiary/aromatic N) is 1. The van der Waals surface area contributed by atoms with Crippen molar-refractivity contribution in [3.8, 4) is 0 Å². The molecule has 0 aliphatic rings. The van der Waals surface area contributed by atoms with Crippen LogP contribution in [0, 0.1) is 19.8 Å². The number of amidine groups is 1. The van der Waals surface area contributed by atoms with Crippen LogP contribution in [0.5, 0.6) is 0 Å². The lowest BCUT2D eigenvalue weighted by Gasteiger charge is -2.16. The standard InChI is InChI=1S/C16H26N2/c1-7-13-9-11(5)12(6)14(8-2)15(13)18-16(17)10(3)4/h9-10H,7-8H2,1-6H3,(H2,17,18). The van der Waals surface area contributed by atoms with Gasteiger partial charge in [-0.05, 0) is 48.9 Å². The van der Waals surface area contributed by atoms with E-state index in [0.717, 1.165) is 24.4 Å². The lowest BCUT2D eigenvalue weighted by atomic mass is 9.94. The average molecular weight is 246 g/mol. The number of hydrogen-bond donors (Lipinski definition) is 1. The zero-order valence-electron chi connectivity index (χ0n) is 12.6. The minimum Gasteiger partial charge on any atom is -0.387 e. The molecule has 0 saturated heterocycles. The molecule has 0 heterocycles. The van der Waals surface area contributed by atoms with Gasteiger partial charge in [0.2, 0.25) is 0 Å². The molecule has 0 aromatic heterocycles. The molecule has 2 nitrogen and oxygen atoms in total. The van der Waals surface area contributed by atoms with Crippen LogP contribution in [0.1, 0.15) is 49.9 Å². The van der Waals surface area contributed by atoms with Crippen LogP contribution in [-0.4, -0.2) is 5.84 Å². The first-order valence-corrected chi connectivity index (χ1v) is 6.88. The Morgan fingerprint density at radius 1 is 1.22 bits per heavy atom. The third kappa shape index (κ3) is 2.92. The molecule has 1 aromatic carbocycles. The number of aliphatic imine (C=N–C) groups is 1. The summed E-state index contributed by atoms with van der Waals surface area (Å²) in [6.45, 7) is 12.9. The van der Waals surface area contributed by atoms with Gasteiger partial charge in [0.25, 0.3) is 0 Å². The molecule has 0 aliphatic heterocycles. The van der Waals surface area contributed by atoms with Gasteiger partial charge in [0, 0.05) is 5.92 Å². The van der Waals surface area contributed by atoms with E-state index in [1.165, 1.54) is 22.3 Å². The van der Waals surface area contributed by atoms with Crippen LogP contribution in [0.15, 0.2) is 11.1 Å². The van der Waals surface area contributed by atoms with Gasteiger partial charge in [0.15, 0.2) is 0 Å². The molecule has 0 unspecified atom stereocenters. The predicted octanol–water partition coefficient (Wildman–Crippen LogP) is 4.07. The Morgan fingerprint density at radius 3 is 2.28 bits per heavy atom. The largest absolute Gasteiger partial charge is 0.387 e. The van der Waals surface area contributed by atoms with Crippen molar-refractivity contribution in [2.75, 3.05) is 0 Å². The molecule has 0 radical (unpaired) electrons. The molecule has 1 rings (SSSR count). The van der Waals surface area contributed by atoms with Crippen LogP contribution in [0.4, 0.5) is 5.69 Å². The Balaban J connectivity index is 3.49. The first kappa shape index (κ1) is 14.7. The maximum atomic E-state index is 6.03. The van der Waals surface area contributed by atoms with Crippen LogP contribution >= 0.6 is 0 Å². The van der Waals surface area contributed by atoms with Crippen molar-refractivity contribution in [1.29, 1.82) is 0 Å². The van der Waals surface area contributed by atoms with E-state index in [-0.39, 0.29) is 0 Å². The predicted molar refractivity (Wildman–Crippen MR) is 80.8 cm³/mol. The molecule has 0 aliphatic carbocycles. The molecular formula is C16H26N2. The summed E-state index contributed by atoms with van der Waals surface area (Å²) in [6.07, 6.45) is 2.00. The van der Waals surface area contributed by atoms with E-state index in [1.54, 1.807) is 0 Å². The summed E-state index contributed by atoms with van der Waals surface area (Å²) in [5, 5.41) is 0. The van der Waals surface area contributed by atoms with Crippen molar-refractivity contribution in [3.63, 3.8) is 0 Å². The third-order valence-electron chi connectivity index (χ3n) is 3.59. The Hall–Kier alpha value is -1.31. The first-order valence-electron chi connectivity index (χ1n) is 6.88. The lowest BCUT2D eigenvalue weighted by molar-refractivity contribution is 0.871.